The molecule has 5 aromatic rings. The maximum Gasteiger partial charge on any atom is 0.325 e. The minimum Gasteiger partial charge on any atom is -0.493 e. The molecule has 0 aliphatic rings. The second-order valence-electron chi connectivity index (χ2n) is 7.48. The van der Waals surface area contributed by atoms with Crippen LogP contribution >= 0.6 is 0 Å². The van der Waals surface area contributed by atoms with Crippen LogP contribution < -0.4 is 4.74 Å². The Hall–Kier alpha value is -3.93. The smallest absolute Gasteiger partial charge is 0.325 e. The topological polar surface area (TPSA) is 73.1 Å². The number of ether oxygens (including phenoxy) is 1. The molecule has 0 atom stereocenters. The molecule has 0 bridgehead atoms. The van der Waals surface area contributed by atoms with Gasteiger partial charge in [-0.15, -0.1) is 0 Å². The molecule has 0 aliphatic carbocycles. The highest BCUT2D eigenvalue weighted by Gasteiger charge is 2.10. The van der Waals surface area contributed by atoms with Gasteiger partial charge >= 0.3 is 6.01 Å². The molecule has 0 saturated carbocycles. The Morgan fingerprint density at radius 3 is 2.60 bits per heavy atom. The Balaban J connectivity index is 1.46. The van der Waals surface area contributed by atoms with Crippen LogP contribution in [0.25, 0.3) is 27.5 Å². The number of pyridine rings is 1. The number of nitrogens with zero attached hydrogens (tertiary/aromatic N) is 4. The number of fused-ring (bicyclic) bond motifs is 2. The van der Waals surface area contributed by atoms with E-state index in [0.717, 1.165) is 16.6 Å². The predicted molar refractivity (Wildman–Crippen MR) is 116 cm³/mol. The quantitative estimate of drug-likeness (QED) is 0.429. The van der Waals surface area contributed by atoms with Crippen LogP contribution in [-0.4, -0.2) is 24.6 Å². The van der Waals surface area contributed by atoms with E-state index in [9.17, 15) is 5.11 Å². The van der Waals surface area contributed by atoms with Gasteiger partial charge in [-0.1, -0.05) is 26.0 Å². The highest BCUT2D eigenvalue weighted by atomic mass is 16.5. The molecule has 0 saturated heterocycles. The van der Waals surface area contributed by atoms with Crippen LogP contribution in [0.1, 0.15) is 25.3 Å². The van der Waals surface area contributed by atoms with Gasteiger partial charge in [0.2, 0.25) is 5.88 Å². The highest BCUT2D eigenvalue weighted by molar-refractivity contribution is 5.84. The molecule has 3 aromatic heterocycles. The molecule has 1 N–H and O–H groups in total. The lowest BCUT2D eigenvalue weighted by Gasteiger charge is -2.10. The van der Waals surface area contributed by atoms with E-state index in [4.69, 9.17) is 4.74 Å². The van der Waals surface area contributed by atoms with Crippen molar-refractivity contribution in [1.82, 2.24) is 19.5 Å². The summed E-state index contributed by atoms with van der Waals surface area (Å²) in [6, 6.07) is 18.2. The van der Waals surface area contributed by atoms with Crippen LogP contribution in [0.2, 0.25) is 0 Å². The summed E-state index contributed by atoms with van der Waals surface area (Å²) in [6.07, 6.45) is 5.20. The lowest BCUT2D eigenvalue weighted by molar-refractivity contribution is 0.412. The molecular formula is C24H20N4O2. The van der Waals surface area contributed by atoms with Crippen LogP contribution in [0.3, 0.4) is 0 Å². The maximum atomic E-state index is 10.1. The minimum atomic E-state index is -0.130. The third-order valence-electron chi connectivity index (χ3n) is 5.17. The average molecular weight is 396 g/mol. The van der Waals surface area contributed by atoms with Gasteiger partial charge in [-0.25, -0.2) is 0 Å². The third kappa shape index (κ3) is 3.22. The summed E-state index contributed by atoms with van der Waals surface area (Å²) in [4.78, 5) is 12.4. The van der Waals surface area contributed by atoms with Gasteiger partial charge in [0.25, 0.3) is 0 Å². The van der Waals surface area contributed by atoms with Crippen molar-refractivity contribution < 1.29 is 9.84 Å². The van der Waals surface area contributed by atoms with Gasteiger partial charge in [0, 0.05) is 23.5 Å². The van der Waals surface area contributed by atoms with Gasteiger partial charge < -0.3 is 14.4 Å². The number of aromatic hydroxyl groups is 1. The van der Waals surface area contributed by atoms with E-state index >= 15 is 0 Å². The van der Waals surface area contributed by atoms with E-state index < -0.39 is 0 Å². The Bertz CT molecular complexity index is 1360. The van der Waals surface area contributed by atoms with Crippen LogP contribution in [0.5, 0.6) is 17.6 Å². The standard InChI is InChI=1S/C24H20N4O2/c1-15(2)16-3-5-18(6-4-16)28-12-10-17-13-19(7-8-22(17)28)30-24-26-21-14-25-11-9-20(21)23(29)27-24/h3-15H,1-2H3,(H,26,27,29). The van der Waals surface area contributed by atoms with Gasteiger partial charge in [-0.3, -0.25) is 4.98 Å². The number of benzene rings is 2. The van der Waals surface area contributed by atoms with Gasteiger partial charge in [-0.05, 0) is 53.9 Å². The normalized spacial score (nSPS) is 11.4. The summed E-state index contributed by atoms with van der Waals surface area (Å²) in [5.74, 6) is 0.972. The first-order valence-corrected chi connectivity index (χ1v) is 9.78. The van der Waals surface area contributed by atoms with E-state index in [0.29, 0.717) is 22.6 Å². The second-order valence-corrected chi connectivity index (χ2v) is 7.48. The molecule has 30 heavy (non-hydrogen) atoms. The van der Waals surface area contributed by atoms with Crippen LogP contribution in [0.4, 0.5) is 0 Å². The number of aromatic nitrogens is 4. The first-order chi connectivity index (χ1) is 14.6. The first-order valence-electron chi connectivity index (χ1n) is 9.78. The van der Waals surface area contributed by atoms with E-state index in [2.05, 4.69) is 57.6 Å². The lowest BCUT2D eigenvalue weighted by Crippen LogP contribution is -1.95. The van der Waals surface area contributed by atoms with Crippen LogP contribution in [-0.2, 0) is 0 Å². The van der Waals surface area contributed by atoms with E-state index in [-0.39, 0.29) is 11.9 Å². The summed E-state index contributed by atoms with van der Waals surface area (Å²) in [7, 11) is 0. The molecule has 0 spiro atoms. The molecule has 2 aromatic carbocycles. The molecule has 5 rings (SSSR count). The zero-order valence-corrected chi connectivity index (χ0v) is 16.6. The fourth-order valence-corrected chi connectivity index (χ4v) is 3.52. The van der Waals surface area contributed by atoms with E-state index in [1.54, 1.807) is 18.5 Å². The Morgan fingerprint density at radius 1 is 0.967 bits per heavy atom. The zero-order chi connectivity index (χ0) is 20.7. The van der Waals surface area contributed by atoms with Gasteiger partial charge in [0.05, 0.1) is 22.6 Å². The molecular weight excluding hydrogens is 376 g/mol. The van der Waals surface area contributed by atoms with E-state index in [1.165, 1.54) is 5.56 Å². The highest BCUT2D eigenvalue weighted by Crippen LogP contribution is 2.29. The van der Waals surface area contributed by atoms with Crippen LogP contribution in [0, 0.1) is 0 Å². The Kier molecular flexibility index (Phi) is 4.32. The fraction of sp³-hybridized carbons (Fsp3) is 0.125. The largest absolute Gasteiger partial charge is 0.493 e. The minimum absolute atomic E-state index is 0.0797. The molecule has 0 radical (unpaired) electrons. The molecule has 0 amide bonds. The molecule has 0 fully saturated rings. The number of hydrogen-bond acceptors (Lipinski definition) is 5. The first kappa shape index (κ1) is 18.1. The summed E-state index contributed by atoms with van der Waals surface area (Å²) in [5.41, 5.74) is 4.03. The Morgan fingerprint density at radius 2 is 1.80 bits per heavy atom. The van der Waals surface area contributed by atoms with E-state index in [1.807, 2.05) is 30.5 Å². The fourth-order valence-electron chi connectivity index (χ4n) is 3.52. The molecule has 0 aliphatic heterocycles. The average Bonchev–Trinajstić information content (AvgIpc) is 3.17. The van der Waals surface area contributed by atoms with Crippen molar-refractivity contribution in [3.05, 3.63) is 78.8 Å². The summed E-state index contributed by atoms with van der Waals surface area (Å²) in [5, 5.41) is 11.7. The van der Waals surface area contributed by atoms with Crippen molar-refractivity contribution in [2.45, 2.75) is 19.8 Å². The molecule has 3 heterocycles. The second kappa shape index (κ2) is 7.15. The van der Waals surface area contributed by atoms with Crippen molar-refractivity contribution in [3.8, 4) is 23.3 Å². The molecule has 0 unspecified atom stereocenters. The van der Waals surface area contributed by atoms with Crippen molar-refractivity contribution in [3.63, 3.8) is 0 Å². The predicted octanol–water partition coefficient (Wildman–Crippen LogP) is 5.59. The van der Waals surface area contributed by atoms with Crippen molar-refractivity contribution in [1.29, 1.82) is 0 Å². The summed E-state index contributed by atoms with van der Waals surface area (Å²) in [6.45, 7) is 4.38. The van der Waals surface area contributed by atoms with Gasteiger partial charge in [0.15, 0.2) is 0 Å². The molecule has 148 valence electrons. The number of hydrogen-bond donors (Lipinski definition) is 1. The van der Waals surface area contributed by atoms with Gasteiger partial charge in [0.1, 0.15) is 5.75 Å². The summed E-state index contributed by atoms with van der Waals surface area (Å²) >= 11 is 0. The lowest BCUT2D eigenvalue weighted by atomic mass is 10.0. The van der Waals surface area contributed by atoms with Gasteiger partial charge in [-0.2, -0.15) is 9.97 Å². The third-order valence-corrected chi connectivity index (χ3v) is 5.17. The monoisotopic (exact) mass is 396 g/mol. The number of rotatable bonds is 4. The summed E-state index contributed by atoms with van der Waals surface area (Å²) < 4.78 is 7.96. The van der Waals surface area contributed by atoms with Crippen molar-refractivity contribution >= 4 is 21.8 Å². The van der Waals surface area contributed by atoms with Crippen molar-refractivity contribution in [2.75, 3.05) is 0 Å². The Labute approximate surface area is 173 Å². The molecule has 6 nitrogen and oxygen atoms in total. The van der Waals surface area contributed by atoms with Crippen LogP contribution in [0.15, 0.2) is 73.2 Å². The zero-order valence-electron chi connectivity index (χ0n) is 16.6. The van der Waals surface area contributed by atoms with Crippen molar-refractivity contribution in [2.24, 2.45) is 0 Å². The maximum absolute atomic E-state index is 10.1. The molecule has 6 heteroatoms. The SMILES string of the molecule is CC(C)c1ccc(-n2ccc3cc(Oc4nc(O)c5ccncc5n4)ccc32)cc1.